The van der Waals surface area contributed by atoms with Crippen LogP contribution < -0.4 is 10.1 Å². The summed E-state index contributed by atoms with van der Waals surface area (Å²) in [7, 11) is 0. The van der Waals surface area contributed by atoms with Crippen molar-refractivity contribution in [3.8, 4) is 16.2 Å². The molecule has 0 saturated carbocycles. The zero-order valence-corrected chi connectivity index (χ0v) is 17.5. The molecule has 0 bridgehead atoms. The number of alkyl halides is 1. The molecule has 1 aromatic carbocycles. The molecule has 152 valence electrons. The maximum Gasteiger partial charge on any atom is 0.374 e. The number of aromatic nitrogens is 3. The maximum absolute atomic E-state index is 11.6. The van der Waals surface area contributed by atoms with E-state index < -0.39 is 5.97 Å². The lowest BCUT2D eigenvalue weighted by molar-refractivity contribution is 0.0684. The second kappa shape index (κ2) is 8.64. The van der Waals surface area contributed by atoms with Crippen LogP contribution in [0.2, 0.25) is 0 Å². The van der Waals surface area contributed by atoms with Crippen molar-refractivity contribution in [2.45, 2.75) is 13.5 Å². The lowest BCUT2D eigenvalue weighted by Gasteiger charge is -2.10. The van der Waals surface area contributed by atoms with Gasteiger partial charge in [-0.15, -0.1) is 11.3 Å². The van der Waals surface area contributed by atoms with Gasteiger partial charge in [-0.3, -0.25) is 4.98 Å². The van der Waals surface area contributed by atoms with E-state index in [1.54, 1.807) is 12.4 Å². The number of rotatable bonds is 7. The van der Waals surface area contributed by atoms with Crippen LogP contribution in [0.4, 0.5) is 5.82 Å². The average Bonchev–Trinajstić information content (AvgIpc) is 3.10. The fraction of sp³-hybridized carbons (Fsp3) is 0.143. The molecular weight excluding hydrogens is 424 g/mol. The van der Waals surface area contributed by atoms with Gasteiger partial charge in [-0.25, -0.2) is 14.8 Å². The van der Waals surface area contributed by atoms with E-state index in [1.807, 2.05) is 43.3 Å². The van der Waals surface area contributed by atoms with E-state index in [0.717, 1.165) is 27.0 Å². The number of benzene rings is 1. The smallest absolute Gasteiger partial charge is 0.374 e. The number of nitrogens with one attached hydrogen (secondary N) is 1. The van der Waals surface area contributed by atoms with Gasteiger partial charge in [0, 0.05) is 29.4 Å². The van der Waals surface area contributed by atoms with E-state index >= 15 is 0 Å². The predicted octanol–water partition coefficient (Wildman–Crippen LogP) is 4.95. The van der Waals surface area contributed by atoms with Crippen molar-refractivity contribution in [2.24, 2.45) is 0 Å². The molecule has 0 aliphatic rings. The Bertz CT molecular complexity index is 1210. The van der Waals surface area contributed by atoms with Crippen LogP contribution in [0.1, 0.15) is 21.7 Å². The summed E-state index contributed by atoms with van der Waals surface area (Å²) in [6.07, 6.45) is 3.49. The van der Waals surface area contributed by atoms with Gasteiger partial charge in [-0.2, -0.15) is 0 Å². The van der Waals surface area contributed by atoms with Crippen molar-refractivity contribution in [3.05, 3.63) is 65.7 Å². The van der Waals surface area contributed by atoms with E-state index in [0.29, 0.717) is 22.9 Å². The van der Waals surface area contributed by atoms with E-state index in [4.69, 9.17) is 16.3 Å². The van der Waals surface area contributed by atoms with Crippen LogP contribution in [-0.4, -0.2) is 32.1 Å². The fourth-order valence-corrected chi connectivity index (χ4v) is 4.43. The molecule has 0 saturated heterocycles. The minimum absolute atomic E-state index is 0.0661. The van der Waals surface area contributed by atoms with E-state index in [2.05, 4.69) is 20.3 Å². The first-order valence-electron chi connectivity index (χ1n) is 9.03. The third-order valence-electron chi connectivity index (χ3n) is 4.48. The number of hydrogen-bond acceptors (Lipinski definition) is 7. The van der Waals surface area contributed by atoms with Crippen molar-refractivity contribution < 1.29 is 14.6 Å². The topological polar surface area (TPSA) is 97.2 Å². The number of carboxylic acids is 1. The molecule has 0 aliphatic carbocycles. The molecule has 9 heteroatoms. The number of nitrogens with zero attached hydrogens (tertiary/aromatic N) is 3. The highest BCUT2D eigenvalue weighted by Gasteiger charge is 2.20. The highest BCUT2D eigenvalue weighted by Crippen LogP contribution is 2.39. The normalized spacial score (nSPS) is 10.9. The molecule has 0 spiro atoms. The van der Waals surface area contributed by atoms with E-state index in [-0.39, 0.29) is 11.9 Å². The lowest BCUT2D eigenvalue weighted by atomic mass is 10.1. The SMILES string of the molecule is Cc1c(-c2cccnc2)sc2nc(C(=O)O)nc(NCc3cccc(OCCl)c3)c12. The van der Waals surface area contributed by atoms with Crippen molar-refractivity contribution in [1.29, 1.82) is 0 Å². The van der Waals surface area contributed by atoms with Crippen molar-refractivity contribution in [2.75, 3.05) is 11.4 Å². The summed E-state index contributed by atoms with van der Waals surface area (Å²) >= 11 is 7.05. The average molecular weight is 441 g/mol. The Morgan fingerprint density at radius 1 is 1.27 bits per heavy atom. The summed E-state index contributed by atoms with van der Waals surface area (Å²) in [5, 5.41) is 13.5. The molecule has 0 fully saturated rings. The number of aromatic carboxylic acids is 1. The first-order chi connectivity index (χ1) is 14.6. The predicted molar refractivity (Wildman–Crippen MR) is 117 cm³/mol. The molecule has 30 heavy (non-hydrogen) atoms. The largest absolute Gasteiger partial charge is 0.478 e. The van der Waals surface area contributed by atoms with Gasteiger partial charge in [0.1, 0.15) is 16.4 Å². The van der Waals surface area contributed by atoms with Crippen LogP contribution in [0.15, 0.2) is 48.8 Å². The van der Waals surface area contributed by atoms with Gasteiger partial charge in [0.2, 0.25) is 5.82 Å². The minimum Gasteiger partial charge on any atom is -0.478 e. The number of carbonyl (C=O) groups is 1. The minimum atomic E-state index is -1.17. The quantitative estimate of drug-likeness (QED) is 0.392. The standard InChI is InChI=1S/C21H17ClN4O3S/c1-12-16-18(24-9-13-4-2-6-15(8-13)29-11-22)25-19(21(27)28)26-20(16)30-17(12)14-5-3-7-23-10-14/h2-8,10H,9,11H2,1H3,(H,27,28)(H,24,25,26). The van der Waals surface area contributed by atoms with Crippen LogP contribution in [0, 0.1) is 6.92 Å². The third-order valence-corrected chi connectivity index (χ3v) is 5.83. The van der Waals surface area contributed by atoms with Crippen LogP contribution >= 0.6 is 22.9 Å². The van der Waals surface area contributed by atoms with Crippen LogP contribution in [0.3, 0.4) is 0 Å². The summed E-state index contributed by atoms with van der Waals surface area (Å²) < 4.78 is 5.32. The zero-order valence-electron chi connectivity index (χ0n) is 15.9. The van der Waals surface area contributed by atoms with Crippen molar-refractivity contribution >= 4 is 44.9 Å². The first-order valence-corrected chi connectivity index (χ1v) is 10.4. The summed E-state index contributed by atoms with van der Waals surface area (Å²) in [6.45, 7) is 2.41. The molecule has 2 N–H and O–H groups in total. The third kappa shape index (κ3) is 4.05. The second-order valence-electron chi connectivity index (χ2n) is 6.43. The van der Waals surface area contributed by atoms with E-state index in [1.165, 1.54) is 11.3 Å². The van der Waals surface area contributed by atoms with Gasteiger partial charge in [0.05, 0.1) is 5.39 Å². The highest BCUT2D eigenvalue weighted by molar-refractivity contribution is 7.22. The Balaban J connectivity index is 1.75. The molecule has 0 atom stereocenters. The summed E-state index contributed by atoms with van der Waals surface area (Å²) in [6, 6.07) is 11.4. The van der Waals surface area contributed by atoms with Crippen molar-refractivity contribution in [1.82, 2.24) is 15.0 Å². The van der Waals surface area contributed by atoms with Crippen LogP contribution in [0.25, 0.3) is 20.7 Å². The molecule has 4 rings (SSSR count). The molecule has 4 aromatic rings. The Morgan fingerprint density at radius 3 is 2.87 bits per heavy atom. The van der Waals surface area contributed by atoms with Crippen LogP contribution in [-0.2, 0) is 6.54 Å². The number of fused-ring (bicyclic) bond motifs is 1. The number of thiophene rings is 1. The number of hydrogen-bond donors (Lipinski definition) is 2. The number of ether oxygens (including phenoxy) is 1. The molecule has 0 amide bonds. The molecule has 3 heterocycles. The molecular formula is C21H17ClN4O3S. The van der Waals surface area contributed by atoms with Crippen molar-refractivity contribution in [3.63, 3.8) is 0 Å². The number of aryl methyl sites for hydroxylation is 1. The molecule has 3 aromatic heterocycles. The van der Waals surface area contributed by atoms with Gasteiger partial charge in [0.25, 0.3) is 0 Å². The molecule has 0 aliphatic heterocycles. The Hall–Kier alpha value is -3.23. The first kappa shape index (κ1) is 20.1. The van der Waals surface area contributed by atoms with Crippen LogP contribution in [0.5, 0.6) is 5.75 Å². The fourth-order valence-electron chi connectivity index (χ4n) is 3.13. The maximum atomic E-state index is 11.6. The Morgan fingerprint density at radius 2 is 2.13 bits per heavy atom. The van der Waals surface area contributed by atoms with Gasteiger partial charge < -0.3 is 15.2 Å². The lowest BCUT2D eigenvalue weighted by Crippen LogP contribution is -2.09. The summed E-state index contributed by atoms with van der Waals surface area (Å²) in [4.78, 5) is 25.8. The van der Waals surface area contributed by atoms with Gasteiger partial charge >= 0.3 is 5.97 Å². The molecule has 0 radical (unpaired) electrons. The number of anilines is 1. The zero-order chi connectivity index (χ0) is 21.1. The number of carboxylic acid groups (broad SMARTS) is 1. The Labute approximate surface area is 181 Å². The monoisotopic (exact) mass is 440 g/mol. The second-order valence-corrected chi connectivity index (χ2v) is 7.65. The summed E-state index contributed by atoms with van der Waals surface area (Å²) in [5.74, 6) is -0.284. The Kier molecular flexibility index (Phi) is 5.78. The van der Waals surface area contributed by atoms with Gasteiger partial charge in [-0.05, 0) is 36.2 Å². The number of halogens is 1. The summed E-state index contributed by atoms with van der Waals surface area (Å²) in [5.41, 5.74) is 2.87. The van der Waals surface area contributed by atoms with E-state index in [9.17, 15) is 9.90 Å². The van der Waals surface area contributed by atoms with Gasteiger partial charge in [0.15, 0.2) is 6.07 Å². The molecule has 0 unspecified atom stereocenters. The highest BCUT2D eigenvalue weighted by atomic mass is 35.5. The van der Waals surface area contributed by atoms with Gasteiger partial charge in [-0.1, -0.05) is 29.8 Å². The number of pyridine rings is 1. The molecule has 7 nitrogen and oxygen atoms in total.